The summed E-state index contributed by atoms with van der Waals surface area (Å²) in [7, 11) is -1.92. The monoisotopic (exact) mass is 468 g/mol. The van der Waals surface area contributed by atoms with Crippen LogP contribution in [0.5, 0.6) is 5.75 Å². The molecule has 0 radical (unpaired) electrons. The summed E-state index contributed by atoms with van der Waals surface area (Å²) in [5.74, 6) is -0.376. The normalized spacial score (nSPS) is 10.8. The molecule has 0 aliphatic rings. The molecule has 1 heterocycles. The average Bonchev–Trinajstić information content (AvgIpc) is 2.81. The third kappa shape index (κ3) is 6.78. The summed E-state index contributed by atoms with van der Waals surface area (Å²) in [6.07, 6.45) is 4.43. The van der Waals surface area contributed by atoms with Gasteiger partial charge in [-0.15, -0.1) is 0 Å². The van der Waals surface area contributed by atoms with Crippen molar-refractivity contribution in [3.63, 3.8) is 0 Å². The number of anilines is 2. The number of carbonyl (C=O) groups excluding carboxylic acids is 2. The van der Waals surface area contributed by atoms with Gasteiger partial charge in [-0.3, -0.25) is 18.9 Å². The highest BCUT2D eigenvalue weighted by Crippen LogP contribution is 2.20. The molecule has 2 aromatic carbocycles. The molecule has 9 nitrogen and oxygen atoms in total. The van der Waals surface area contributed by atoms with Crippen molar-refractivity contribution in [1.29, 1.82) is 0 Å². The minimum atomic E-state index is -3.37. The van der Waals surface area contributed by atoms with Crippen molar-refractivity contribution in [3.05, 3.63) is 84.2 Å². The van der Waals surface area contributed by atoms with E-state index in [-0.39, 0.29) is 12.5 Å². The fraction of sp³-hybridized carbons (Fsp3) is 0.174. The van der Waals surface area contributed by atoms with Gasteiger partial charge >= 0.3 is 0 Å². The van der Waals surface area contributed by atoms with Crippen molar-refractivity contribution in [2.24, 2.45) is 0 Å². The quantitative estimate of drug-likeness (QED) is 0.498. The van der Waals surface area contributed by atoms with Crippen LogP contribution in [0.3, 0.4) is 0 Å². The van der Waals surface area contributed by atoms with Crippen LogP contribution in [0.1, 0.15) is 15.9 Å². The summed E-state index contributed by atoms with van der Waals surface area (Å²) in [4.78, 5) is 29.0. The number of rotatable bonds is 9. The molecular weight excluding hydrogens is 444 g/mol. The summed E-state index contributed by atoms with van der Waals surface area (Å²) in [5.41, 5.74) is 2.01. The average molecular weight is 469 g/mol. The van der Waals surface area contributed by atoms with Crippen LogP contribution < -0.4 is 19.7 Å². The van der Waals surface area contributed by atoms with E-state index >= 15 is 0 Å². The maximum absolute atomic E-state index is 12.6. The van der Waals surface area contributed by atoms with E-state index in [1.165, 1.54) is 7.05 Å². The number of sulfonamides is 1. The molecule has 0 fully saturated rings. The number of hydrogen-bond acceptors (Lipinski definition) is 6. The molecule has 0 aliphatic heterocycles. The molecule has 0 saturated heterocycles. The Hall–Kier alpha value is -3.92. The molecule has 1 aromatic heterocycles. The lowest BCUT2D eigenvalue weighted by atomic mass is 10.1. The molecule has 0 atom stereocenters. The minimum absolute atomic E-state index is 0.285. The number of pyridine rings is 1. The van der Waals surface area contributed by atoms with Gasteiger partial charge in [0.1, 0.15) is 5.75 Å². The highest BCUT2D eigenvalue weighted by molar-refractivity contribution is 7.92. The summed E-state index contributed by atoms with van der Waals surface area (Å²) >= 11 is 0. The molecule has 3 aromatic rings. The molecule has 0 aliphatic carbocycles. The number of para-hydroxylation sites is 1. The molecule has 33 heavy (non-hydrogen) atoms. The molecule has 0 bridgehead atoms. The topological polar surface area (TPSA) is 118 Å². The minimum Gasteiger partial charge on any atom is -0.484 e. The maximum atomic E-state index is 12.6. The van der Waals surface area contributed by atoms with E-state index < -0.39 is 15.9 Å². The Labute approximate surface area is 192 Å². The first-order valence-corrected chi connectivity index (χ1v) is 11.8. The molecule has 0 saturated carbocycles. The van der Waals surface area contributed by atoms with Gasteiger partial charge in [0, 0.05) is 26.0 Å². The first-order chi connectivity index (χ1) is 15.7. The Morgan fingerprint density at radius 2 is 1.76 bits per heavy atom. The van der Waals surface area contributed by atoms with Crippen molar-refractivity contribution < 1.29 is 22.7 Å². The Morgan fingerprint density at radius 3 is 2.42 bits per heavy atom. The van der Waals surface area contributed by atoms with Crippen LogP contribution in [0.15, 0.2) is 73.1 Å². The van der Waals surface area contributed by atoms with E-state index in [2.05, 4.69) is 15.6 Å². The highest BCUT2D eigenvalue weighted by atomic mass is 32.2. The zero-order chi connectivity index (χ0) is 23.8. The van der Waals surface area contributed by atoms with Gasteiger partial charge in [-0.2, -0.15) is 0 Å². The number of ether oxygens (including phenoxy) is 1. The van der Waals surface area contributed by atoms with Crippen LogP contribution in [0, 0.1) is 0 Å². The number of aromatic nitrogens is 1. The van der Waals surface area contributed by atoms with E-state index in [0.29, 0.717) is 29.2 Å². The number of carbonyl (C=O) groups is 2. The number of amides is 2. The van der Waals surface area contributed by atoms with Gasteiger partial charge in [-0.1, -0.05) is 18.2 Å². The molecule has 0 spiro atoms. The second-order valence-electron chi connectivity index (χ2n) is 7.15. The SMILES string of the molecule is CN(c1ccc(OCC(=O)Nc2ccccc2C(=O)NCc2cccnc2)cc1)S(C)(=O)=O. The van der Waals surface area contributed by atoms with Crippen molar-refractivity contribution in [2.75, 3.05) is 29.5 Å². The van der Waals surface area contributed by atoms with Crippen molar-refractivity contribution in [3.8, 4) is 5.75 Å². The summed E-state index contributed by atoms with van der Waals surface area (Å²) in [5, 5.41) is 5.49. The Morgan fingerprint density at radius 1 is 1.03 bits per heavy atom. The van der Waals surface area contributed by atoms with E-state index in [4.69, 9.17) is 4.74 Å². The van der Waals surface area contributed by atoms with E-state index in [9.17, 15) is 18.0 Å². The van der Waals surface area contributed by atoms with Gasteiger partial charge in [0.25, 0.3) is 11.8 Å². The highest BCUT2D eigenvalue weighted by Gasteiger charge is 2.14. The number of nitrogens with zero attached hydrogens (tertiary/aromatic N) is 2. The second-order valence-corrected chi connectivity index (χ2v) is 9.16. The van der Waals surface area contributed by atoms with Crippen LogP contribution in [-0.4, -0.2) is 45.1 Å². The van der Waals surface area contributed by atoms with Gasteiger partial charge in [0.2, 0.25) is 10.0 Å². The fourth-order valence-electron chi connectivity index (χ4n) is 2.85. The molecular formula is C23H24N4O5S. The molecule has 3 rings (SSSR count). The second kappa shape index (κ2) is 10.6. The van der Waals surface area contributed by atoms with Crippen molar-refractivity contribution in [2.45, 2.75) is 6.54 Å². The molecule has 10 heteroatoms. The van der Waals surface area contributed by atoms with Crippen LogP contribution in [0.25, 0.3) is 0 Å². The van der Waals surface area contributed by atoms with E-state index in [0.717, 1.165) is 16.1 Å². The number of nitrogens with one attached hydrogen (secondary N) is 2. The predicted octanol–water partition coefficient (Wildman–Crippen LogP) is 2.42. The maximum Gasteiger partial charge on any atom is 0.262 e. The number of hydrogen-bond donors (Lipinski definition) is 2. The zero-order valence-electron chi connectivity index (χ0n) is 18.2. The molecule has 2 N–H and O–H groups in total. The Bertz CT molecular complexity index is 1220. The molecule has 172 valence electrons. The van der Waals surface area contributed by atoms with Gasteiger partial charge in [-0.05, 0) is 48.0 Å². The third-order valence-corrected chi connectivity index (χ3v) is 5.90. The number of benzene rings is 2. The van der Waals surface area contributed by atoms with Crippen molar-refractivity contribution >= 4 is 33.2 Å². The molecule has 2 amide bonds. The summed E-state index contributed by atoms with van der Waals surface area (Å²) < 4.78 is 29.8. The third-order valence-electron chi connectivity index (χ3n) is 4.69. The van der Waals surface area contributed by atoms with Crippen LogP contribution in [0.4, 0.5) is 11.4 Å². The summed E-state index contributed by atoms with van der Waals surface area (Å²) in [6.45, 7) is 0.0233. The van der Waals surface area contributed by atoms with Gasteiger partial charge < -0.3 is 15.4 Å². The largest absolute Gasteiger partial charge is 0.484 e. The predicted molar refractivity (Wildman–Crippen MR) is 126 cm³/mol. The lowest BCUT2D eigenvalue weighted by Gasteiger charge is -2.17. The van der Waals surface area contributed by atoms with E-state index in [1.807, 2.05) is 6.07 Å². The summed E-state index contributed by atoms with van der Waals surface area (Å²) in [6, 6.07) is 16.6. The molecule has 0 unspecified atom stereocenters. The zero-order valence-corrected chi connectivity index (χ0v) is 19.0. The lowest BCUT2D eigenvalue weighted by molar-refractivity contribution is -0.118. The standard InChI is InChI=1S/C23H24N4O5S/c1-27(33(2,30)31)18-9-11-19(12-10-18)32-16-22(28)26-21-8-4-3-7-20(21)23(29)25-15-17-6-5-13-24-14-17/h3-14H,15-16H2,1-2H3,(H,25,29)(H,26,28). The fourth-order valence-corrected chi connectivity index (χ4v) is 3.35. The van der Waals surface area contributed by atoms with Crippen LogP contribution >= 0.6 is 0 Å². The van der Waals surface area contributed by atoms with Crippen molar-refractivity contribution in [1.82, 2.24) is 10.3 Å². The lowest BCUT2D eigenvalue weighted by Crippen LogP contribution is -2.26. The Balaban J connectivity index is 1.57. The first-order valence-electron chi connectivity index (χ1n) is 9.97. The van der Waals surface area contributed by atoms with Gasteiger partial charge in [0.05, 0.1) is 23.2 Å². The Kier molecular flexibility index (Phi) is 7.62. The van der Waals surface area contributed by atoms with Gasteiger partial charge in [-0.25, -0.2) is 8.42 Å². The van der Waals surface area contributed by atoms with Gasteiger partial charge in [0.15, 0.2) is 6.61 Å². The van der Waals surface area contributed by atoms with Crippen LogP contribution in [-0.2, 0) is 21.4 Å². The van der Waals surface area contributed by atoms with Crippen LogP contribution in [0.2, 0.25) is 0 Å². The smallest absolute Gasteiger partial charge is 0.262 e. The first kappa shape index (κ1) is 23.7. The van der Waals surface area contributed by atoms with E-state index in [1.54, 1.807) is 67.0 Å².